The van der Waals surface area contributed by atoms with E-state index in [1.165, 1.54) is 18.3 Å². The normalized spacial score (nSPS) is 14.8. The number of nitrogens with one attached hydrogen (secondary N) is 4. The average Bonchev–Trinajstić information content (AvgIpc) is 2.90. The molecule has 0 radical (unpaired) electrons. The molecule has 0 atom stereocenters. The first kappa shape index (κ1) is 28.3. The fourth-order valence-corrected chi connectivity index (χ4v) is 4.98. The lowest BCUT2D eigenvalue weighted by atomic mass is 9.86. The molecule has 0 saturated carbocycles. The van der Waals surface area contributed by atoms with Crippen molar-refractivity contribution in [2.45, 2.75) is 56.4 Å². The highest BCUT2D eigenvalue weighted by molar-refractivity contribution is 7.89. The van der Waals surface area contributed by atoms with Crippen molar-refractivity contribution in [3.8, 4) is 11.8 Å². The van der Waals surface area contributed by atoms with Crippen molar-refractivity contribution in [3.05, 3.63) is 59.4 Å². The number of sulfonamides is 1. The van der Waals surface area contributed by atoms with Crippen LogP contribution in [0.15, 0.2) is 47.6 Å². The van der Waals surface area contributed by atoms with Gasteiger partial charge in [0.15, 0.2) is 0 Å². The molecule has 2 amide bonds. The molecule has 2 heterocycles. The minimum atomic E-state index is -3.68. The SMILES string of the molecule is CCCCC#Cc1cncc(C(=O)NC2(C(=O)NCCNS(=O)(=O)c3ccc(C)cc3)CCNCC2)c1. The first-order valence-electron chi connectivity index (χ1n) is 12.6. The highest BCUT2D eigenvalue weighted by Crippen LogP contribution is 2.20. The van der Waals surface area contributed by atoms with Crippen molar-refractivity contribution in [3.63, 3.8) is 0 Å². The molecule has 198 valence electrons. The summed E-state index contributed by atoms with van der Waals surface area (Å²) in [5.41, 5.74) is 0.830. The summed E-state index contributed by atoms with van der Waals surface area (Å²) in [6, 6.07) is 8.20. The van der Waals surface area contributed by atoms with Gasteiger partial charge in [-0.3, -0.25) is 14.6 Å². The van der Waals surface area contributed by atoms with Crippen molar-refractivity contribution in [1.29, 1.82) is 0 Å². The van der Waals surface area contributed by atoms with Gasteiger partial charge in [0.05, 0.1) is 10.5 Å². The highest BCUT2D eigenvalue weighted by Gasteiger charge is 2.41. The summed E-state index contributed by atoms with van der Waals surface area (Å²) in [6.07, 6.45) is 6.74. The monoisotopic (exact) mass is 525 g/mol. The van der Waals surface area contributed by atoms with E-state index < -0.39 is 21.5 Å². The predicted molar refractivity (Wildman–Crippen MR) is 142 cm³/mol. The first-order chi connectivity index (χ1) is 17.8. The maximum atomic E-state index is 13.2. The van der Waals surface area contributed by atoms with Crippen LogP contribution < -0.4 is 20.7 Å². The van der Waals surface area contributed by atoms with Gasteiger partial charge in [-0.15, -0.1) is 0 Å². The van der Waals surface area contributed by atoms with E-state index >= 15 is 0 Å². The van der Waals surface area contributed by atoms with Crippen molar-refractivity contribution in [1.82, 2.24) is 25.7 Å². The van der Waals surface area contributed by atoms with Crippen LogP contribution in [0.1, 0.15) is 60.5 Å². The van der Waals surface area contributed by atoms with Crippen LogP contribution in [0.2, 0.25) is 0 Å². The Morgan fingerprint density at radius 1 is 1.11 bits per heavy atom. The number of amides is 2. The second kappa shape index (κ2) is 13.3. The fourth-order valence-electron chi connectivity index (χ4n) is 3.95. The Hall–Kier alpha value is -3.26. The van der Waals surface area contributed by atoms with E-state index in [1.807, 2.05) is 6.92 Å². The third kappa shape index (κ3) is 8.12. The molecule has 1 aromatic carbocycles. The number of aryl methyl sites for hydroxylation is 1. The van der Waals surface area contributed by atoms with E-state index in [0.29, 0.717) is 37.1 Å². The Labute approximate surface area is 219 Å². The summed E-state index contributed by atoms with van der Waals surface area (Å²) in [7, 11) is -3.68. The number of unbranched alkanes of at least 4 members (excludes halogenated alkanes) is 2. The second-order valence-electron chi connectivity index (χ2n) is 9.12. The molecular formula is C27H35N5O4S. The smallest absolute Gasteiger partial charge is 0.253 e. The van der Waals surface area contributed by atoms with E-state index in [2.05, 4.69) is 44.4 Å². The molecular weight excluding hydrogens is 490 g/mol. The maximum absolute atomic E-state index is 13.2. The molecule has 0 bridgehead atoms. The third-order valence-corrected chi connectivity index (χ3v) is 7.64. The van der Waals surface area contributed by atoms with E-state index in [4.69, 9.17) is 0 Å². The van der Waals surface area contributed by atoms with Gasteiger partial charge in [-0.25, -0.2) is 13.1 Å². The van der Waals surface area contributed by atoms with Crippen molar-refractivity contribution in [2.24, 2.45) is 0 Å². The van der Waals surface area contributed by atoms with Crippen LogP contribution in [0.5, 0.6) is 0 Å². The number of carbonyl (C=O) groups excluding carboxylic acids is 2. The Bertz CT molecular complexity index is 1240. The van der Waals surface area contributed by atoms with E-state index in [1.54, 1.807) is 24.4 Å². The maximum Gasteiger partial charge on any atom is 0.253 e. The lowest BCUT2D eigenvalue weighted by Crippen LogP contribution is -2.63. The summed E-state index contributed by atoms with van der Waals surface area (Å²) >= 11 is 0. The molecule has 1 saturated heterocycles. The topological polar surface area (TPSA) is 129 Å². The van der Waals surface area contributed by atoms with Crippen molar-refractivity contribution >= 4 is 21.8 Å². The number of pyridine rings is 1. The Morgan fingerprint density at radius 2 is 1.84 bits per heavy atom. The van der Waals surface area contributed by atoms with Crippen LogP contribution in [0, 0.1) is 18.8 Å². The molecule has 0 spiro atoms. The Balaban J connectivity index is 1.61. The number of carbonyl (C=O) groups is 2. The number of hydrogen-bond donors (Lipinski definition) is 4. The van der Waals surface area contributed by atoms with Crippen LogP contribution in [-0.4, -0.2) is 56.9 Å². The van der Waals surface area contributed by atoms with Crippen LogP contribution in [0.25, 0.3) is 0 Å². The second-order valence-corrected chi connectivity index (χ2v) is 10.9. The zero-order valence-corrected chi connectivity index (χ0v) is 22.2. The van der Waals surface area contributed by atoms with Crippen molar-refractivity contribution < 1.29 is 18.0 Å². The zero-order valence-electron chi connectivity index (χ0n) is 21.4. The molecule has 9 nitrogen and oxygen atoms in total. The number of hydrogen-bond acceptors (Lipinski definition) is 6. The third-order valence-electron chi connectivity index (χ3n) is 6.17. The minimum Gasteiger partial charge on any atom is -0.353 e. The molecule has 4 N–H and O–H groups in total. The summed E-state index contributed by atoms with van der Waals surface area (Å²) in [6.45, 7) is 5.21. The largest absolute Gasteiger partial charge is 0.353 e. The van der Waals surface area contributed by atoms with Gasteiger partial charge in [-0.1, -0.05) is 42.9 Å². The summed E-state index contributed by atoms with van der Waals surface area (Å²) < 4.78 is 27.5. The fraction of sp³-hybridized carbons (Fsp3) is 0.444. The van der Waals surface area contributed by atoms with Gasteiger partial charge < -0.3 is 16.0 Å². The molecule has 37 heavy (non-hydrogen) atoms. The molecule has 10 heteroatoms. The lowest BCUT2D eigenvalue weighted by molar-refractivity contribution is -0.128. The van der Waals surface area contributed by atoms with Gasteiger partial charge in [0.25, 0.3) is 5.91 Å². The number of benzene rings is 1. The van der Waals surface area contributed by atoms with Crippen LogP contribution in [-0.2, 0) is 14.8 Å². The molecule has 1 aliphatic rings. The molecule has 1 aliphatic heterocycles. The van der Waals surface area contributed by atoms with Crippen LogP contribution >= 0.6 is 0 Å². The van der Waals surface area contributed by atoms with Crippen LogP contribution in [0.4, 0.5) is 0 Å². The van der Waals surface area contributed by atoms with E-state index in [9.17, 15) is 18.0 Å². The minimum absolute atomic E-state index is 0.0207. The zero-order chi connectivity index (χ0) is 26.7. The summed E-state index contributed by atoms with van der Waals surface area (Å²) in [4.78, 5) is 30.6. The molecule has 1 fully saturated rings. The van der Waals surface area contributed by atoms with E-state index in [-0.39, 0.29) is 23.9 Å². The van der Waals surface area contributed by atoms with Gasteiger partial charge in [-0.2, -0.15) is 0 Å². The summed E-state index contributed by atoms with van der Waals surface area (Å²) in [5, 5.41) is 8.92. The van der Waals surface area contributed by atoms with Gasteiger partial charge in [0.2, 0.25) is 15.9 Å². The number of piperidine rings is 1. The number of rotatable bonds is 10. The van der Waals surface area contributed by atoms with Gasteiger partial charge in [-0.05, 0) is 57.5 Å². The number of nitrogens with zero attached hydrogens (tertiary/aromatic N) is 1. The molecule has 1 aromatic heterocycles. The Kier molecular flexibility index (Phi) is 10.2. The Morgan fingerprint density at radius 3 is 2.54 bits per heavy atom. The van der Waals surface area contributed by atoms with Gasteiger partial charge >= 0.3 is 0 Å². The standard InChI is InChI=1S/C27H35N5O4S/c1-3-4-5-6-7-22-18-23(20-29-19-22)25(33)32-27(12-14-28-15-13-27)26(34)30-16-17-31-37(35,36)24-10-8-21(2)9-11-24/h8-11,18-20,28,31H,3-5,12-17H2,1-2H3,(H,30,34)(H,32,33). The highest BCUT2D eigenvalue weighted by atomic mass is 32.2. The van der Waals surface area contributed by atoms with E-state index in [0.717, 1.165) is 24.8 Å². The van der Waals surface area contributed by atoms with Gasteiger partial charge in [0, 0.05) is 37.5 Å². The quantitative estimate of drug-likeness (QED) is 0.277. The summed E-state index contributed by atoms with van der Waals surface area (Å²) in [5.74, 6) is 5.37. The molecule has 2 aromatic rings. The molecule has 0 aliphatic carbocycles. The molecule has 3 rings (SSSR count). The first-order valence-corrected chi connectivity index (χ1v) is 14.1. The average molecular weight is 526 g/mol. The number of aromatic nitrogens is 1. The van der Waals surface area contributed by atoms with Crippen LogP contribution in [0.3, 0.4) is 0 Å². The lowest BCUT2D eigenvalue weighted by Gasteiger charge is -2.37. The predicted octanol–water partition coefficient (Wildman–Crippen LogP) is 1.88. The van der Waals surface area contributed by atoms with Crippen molar-refractivity contribution in [2.75, 3.05) is 26.2 Å². The van der Waals surface area contributed by atoms with Gasteiger partial charge in [0.1, 0.15) is 5.54 Å². The molecule has 0 unspecified atom stereocenters.